The van der Waals surface area contributed by atoms with Gasteiger partial charge in [0, 0.05) is 17.0 Å². The van der Waals surface area contributed by atoms with E-state index < -0.39 is 0 Å². The number of benzene rings is 1. The van der Waals surface area contributed by atoms with Gasteiger partial charge in [-0.1, -0.05) is 16.8 Å². The molecule has 0 spiro atoms. The van der Waals surface area contributed by atoms with E-state index in [1.54, 1.807) is 12.1 Å². The van der Waals surface area contributed by atoms with E-state index in [4.69, 9.17) is 21.7 Å². The quantitative estimate of drug-likeness (QED) is 0.487. The van der Waals surface area contributed by atoms with Gasteiger partial charge in [0.15, 0.2) is 0 Å². The topological polar surface area (TPSA) is 65.6 Å². The Morgan fingerprint density at radius 3 is 3.12 bits per heavy atom. The van der Waals surface area contributed by atoms with E-state index in [2.05, 4.69) is 5.16 Å². The number of oxime groups is 1. The Bertz CT molecular complexity index is 413. The fourth-order valence-electron chi connectivity index (χ4n) is 0.991. The molecule has 0 aliphatic carbocycles. The minimum absolute atomic E-state index is 0.0915. The fourth-order valence-corrected chi connectivity index (χ4v) is 1.17. The molecule has 0 saturated carbocycles. The maximum Gasteiger partial charge on any atom is 0.124 e. The number of phenolic OH excluding ortho intramolecular Hbond substituents is 1. The number of hydrogen-bond acceptors (Lipinski definition) is 4. The molecule has 0 aromatic heterocycles. The van der Waals surface area contributed by atoms with Crippen LogP contribution in [-0.2, 0) is 4.84 Å². The third-order valence-corrected chi connectivity index (χ3v) is 2.02. The summed E-state index contributed by atoms with van der Waals surface area (Å²) >= 11 is 5.75. The van der Waals surface area contributed by atoms with Crippen molar-refractivity contribution in [1.82, 2.24) is 0 Å². The van der Waals surface area contributed by atoms with Gasteiger partial charge in [-0.05, 0) is 24.6 Å². The SMILES string of the molecule is N#CCCCO/N=C/c1cc(Cl)ccc1O. The van der Waals surface area contributed by atoms with E-state index in [1.165, 1.54) is 12.3 Å². The van der Waals surface area contributed by atoms with Gasteiger partial charge in [-0.15, -0.1) is 0 Å². The molecule has 0 atom stereocenters. The van der Waals surface area contributed by atoms with E-state index in [9.17, 15) is 5.11 Å². The minimum Gasteiger partial charge on any atom is -0.507 e. The molecule has 0 saturated heterocycles. The van der Waals surface area contributed by atoms with E-state index in [1.807, 2.05) is 6.07 Å². The van der Waals surface area contributed by atoms with Crippen LogP contribution in [0, 0.1) is 11.3 Å². The number of hydrogen-bond donors (Lipinski definition) is 1. The van der Waals surface area contributed by atoms with Crippen LogP contribution < -0.4 is 0 Å². The van der Waals surface area contributed by atoms with Gasteiger partial charge >= 0.3 is 0 Å². The molecule has 1 aromatic rings. The summed E-state index contributed by atoms with van der Waals surface area (Å²) in [6.07, 6.45) is 2.46. The van der Waals surface area contributed by atoms with Crippen LogP contribution in [0.15, 0.2) is 23.4 Å². The second kappa shape index (κ2) is 6.70. The van der Waals surface area contributed by atoms with Gasteiger partial charge in [-0.3, -0.25) is 0 Å². The first-order valence-electron chi connectivity index (χ1n) is 4.75. The molecule has 1 N–H and O–H groups in total. The van der Waals surface area contributed by atoms with Crippen molar-refractivity contribution in [3.8, 4) is 11.8 Å². The molecule has 84 valence electrons. The zero-order valence-corrected chi connectivity index (χ0v) is 9.31. The molecular formula is C11H11ClN2O2. The number of nitrogens with zero attached hydrogens (tertiary/aromatic N) is 2. The maximum absolute atomic E-state index is 9.43. The lowest BCUT2D eigenvalue weighted by Crippen LogP contribution is -1.89. The number of nitriles is 1. The highest BCUT2D eigenvalue weighted by atomic mass is 35.5. The minimum atomic E-state index is 0.0915. The van der Waals surface area contributed by atoms with Crippen molar-refractivity contribution in [1.29, 1.82) is 5.26 Å². The van der Waals surface area contributed by atoms with Gasteiger partial charge in [0.25, 0.3) is 0 Å². The van der Waals surface area contributed by atoms with Crippen LogP contribution in [0.1, 0.15) is 18.4 Å². The predicted octanol–water partition coefficient (Wildman–Crippen LogP) is 2.70. The molecule has 4 nitrogen and oxygen atoms in total. The molecule has 0 aliphatic rings. The lowest BCUT2D eigenvalue weighted by atomic mass is 10.2. The highest BCUT2D eigenvalue weighted by Crippen LogP contribution is 2.19. The molecule has 0 radical (unpaired) electrons. The van der Waals surface area contributed by atoms with Gasteiger partial charge < -0.3 is 9.94 Å². The first-order valence-corrected chi connectivity index (χ1v) is 5.12. The van der Waals surface area contributed by atoms with Gasteiger partial charge in [-0.25, -0.2) is 0 Å². The molecule has 0 fully saturated rings. The smallest absolute Gasteiger partial charge is 0.124 e. The predicted molar refractivity (Wildman–Crippen MR) is 61.5 cm³/mol. The van der Waals surface area contributed by atoms with Crippen LogP contribution in [0.5, 0.6) is 5.75 Å². The van der Waals surface area contributed by atoms with Crippen molar-refractivity contribution in [2.24, 2.45) is 5.16 Å². The van der Waals surface area contributed by atoms with Gasteiger partial charge in [0.1, 0.15) is 12.4 Å². The van der Waals surface area contributed by atoms with E-state index in [-0.39, 0.29) is 5.75 Å². The van der Waals surface area contributed by atoms with Crippen LogP contribution in [0.2, 0.25) is 5.02 Å². The lowest BCUT2D eigenvalue weighted by molar-refractivity contribution is 0.144. The molecule has 1 aromatic carbocycles. The normalized spacial score (nSPS) is 10.2. The van der Waals surface area contributed by atoms with Crippen molar-refractivity contribution in [2.75, 3.05) is 6.61 Å². The van der Waals surface area contributed by atoms with Crippen molar-refractivity contribution < 1.29 is 9.94 Å². The second-order valence-electron chi connectivity index (χ2n) is 3.03. The van der Waals surface area contributed by atoms with Crippen molar-refractivity contribution in [2.45, 2.75) is 12.8 Å². The summed E-state index contributed by atoms with van der Waals surface area (Å²) in [5.74, 6) is 0.0915. The Balaban J connectivity index is 2.44. The summed E-state index contributed by atoms with van der Waals surface area (Å²) in [5, 5.41) is 21.9. The molecule has 5 heteroatoms. The Hall–Kier alpha value is -1.73. The summed E-state index contributed by atoms with van der Waals surface area (Å²) < 4.78 is 0. The molecule has 0 aliphatic heterocycles. The van der Waals surface area contributed by atoms with Crippen LogP contribution in [0.4, 0.5) is 0 Å². The summed E-state index contributed by atoms with van der Waals surface area (Å²) in [5.41, 5.74) is 0.493. The monoisotopic (exact) mass is 238 g/mol. The molecule has 0 amide bonds. The molecule has 0 unspecified atom stereocenters. The zero-order chi connectivity index (χ0) is 11.8. The number of aromatic hydroxyl groups is 1. The summed E-state index contributed by atoms with van der Waals surface area (Å²) in [6.45, 7) is 0.380. The van der Waals surface area contributed by atoms with Crippen LogP contribution >= 0.6 is 11.6 Å². The molecular weight excluding hydrogens is 228 g/mol. The van der Waals surface area contributed by atoms with Gasteiger partial charge in [0.05, 0.1) is 12.3 Å². The van der Waals surface area contributed by atoms with Crippen molar-refractivity contribution >= 4 is 17.8 Å². The molecule has 0 heterocycles. The number of unbranched alkanes of at least 4 members (excludes halogenated alkanes) is 1. The number of rotatable bonds is 5. The highest BCUT2D eigenvalue weighted by molar-refractivity contribution is 6.30. The van der Waals surface area contributed by atoms with E-state index >= 15 is 0 Å². The number of phenols is 1. The third kappa shape index (κ3) is 4.20. The fraction of sp³-hybridized carbons (Fsp3) is 0.273. The first-order chi connectivity index (χ1) is 7.74. The largest absolute Gasteiger partial charge is 0.507 e. The van der Waals surface area contributed by atoms with Gasteiger partial charge in [-0.2, -0.15) is 5.26 Å². The lowest BCUT2D eigenvalue weighted by Gasteiger charge is -1.99. The molecule has 0 bridgehead atoms. The molecule has 16 heavy (non-hydrogen) atoms. The second-order valence-corrected chi connectivity index (χ2v) is 3.47. The van der Waals surface area contributed by atoms with Crippen molar-refractivity contribution in [3.05, 3.63) is 28.8 Å². The first kappa shape index (κ1) is 12.3. The maximum atomic E-state index is 9.43. The highest BCUT2D eigenvalue weighted by Gasteiger charge is 1.98. The van der Waals surface area contributed by atoms with Crippen LogP contribution in [0.3, 0.4) is 0 Å². The summed E-state index contributed by atoms with van der Waals surface area (Å²) in [6, 6.07) is 6.66. The van der Waals surface area contributed by atoms with Gasteiger partial charge in [0.2, 0.25) is 0 Å². The van der Waals surface area contributed by atoms with Crippen molar-refractivity contribution in [3.63, 3.8) is 0 Å². The summed E-state index contributed by atoms with van der Waals surface area (Å²) in [7, 11) is 0. The van der Waals surface area contributed by atoms with Crippen LogP contribution in [-0.4, -0.2) is 17.9 Å². The number of halogens is 1. The van der Waals surface area contributed by atoms with E-state index in [0.29, 0.717) is 30.0 Å². The average molecular weight is 239 g/mol. The van der Waals surface area contributed by atoms with Crippen LogP contribution in [0.25, 0.3) is 0 Å². The Labute approximate surface area is 98.7 Å². The van der Waals surface area contributed by atoms with E-state index in [0.717, 1.165) is 0 Å². The molecule has 1 rings (SSSR count). The zero-order valence-electron chi connectivity index (χ0n) is 8.56. The Morgan fingerprint density at radius 1 is 1.56 bits per heavy atom. The standard InChI is InChI=1S/C11H11ClN2O2/c12-10-3-4-11(15)9(7-10)8-14-16-6-2-1-5-13/h3-4,7-8,15H,1-2,6H2/b14-8+. The average Bonchev–Trinajstić information content (AvgIpc) is 2.28. The summed E-state index contributed by atoms with van der Waals surface area (Å²) in [4.78, 5) is 4.90. The Morgan fingerprint density at radius 2 is 2.38 bits per heavy atom. The third-order valence-electron chi connectivity index (χ3n) is 1.78. The Kier molecular flexibility index (Phi) is 5.17.